The normalized spacial score (nSPS) is 19.5. The number of amides is 2. The van der Waals surface area contributed by atoms with Gasteiger partial charge in [0, 0.05) is 11.4 Å². The highest BCUT2D eigenvalue weighted by molar-refractivity contribution is 7.22. The fourth-order valence-electron chi connectivity index (χ4n) is 1.94. The predicted molar refractivity (Wildman–Crippen MR) is 74.4 cm³/mol. The van der Waals surface area contributed by atoms with Crippen LogP contribution in [0.15, 0.2) is 18.2 Å². The van der Waals surface area contributed by atoms with Gasteiger partial charge in [0.2, 0.25) is 11.8 Å². The van der Waals surface area contributed by atoms with E-state index in [9.17, 15) is 9.59 Å². The molecule has 1 unspecified atom stereocenters. The van der Waals surface area contributed by atoms with Crippen molar-refractivity contribution in [2.75, 3.05) is 5.32 Å². The molecule has 0 radical (unpaired) electrons. The smallest absolute Gasteiger partial charge is 0.249 e. The monoisotopic (exact) mass is 295 g/mol. The first kappa shape index (κ1) is 12.4. The molecule has 0 aliphatic carbocycles. The molecule has 1 aromatic heterocycles. The Bertz CT molecular complexity index is 670. The quantitative estimate of drug-likeness (QED) is 0.833. The lowest BCUT2D eigenvalue weighted by atomic mass is 10.1. The molecule has 1 fully saturated rings. The first-order chi connectivity index (χ1) is 9.11. The highest BCUT2D eigenvalue weighted by Crippen LogP contribution is 2.29. The number of aromatic nitrogens is 1. The van der Waals surface area contributed by atoms with Crippen LogP contribution in [-0.4, -0.2) is 22.8 Å². The maximum Gasteiger partial charge on any atom is 0.249 e. The average molecular weight is 296 g/mol. The fraction of sp³-hybridized carbons (Fsp3) is 0.250. The molecular weight excluding hydrogens is 286 g/mol. The van der Waals surface area contributed by atoms with Gasteiger partial charge in [-0.15, -0.1) is 0 Å². The lowest BCUT2D eigenvalue weighted by Gasteiger charge is -2.21. The summed E-state index contributed by atoms with van der Waals surface area (Å²) in [5.41, 5.74) is 0.837. The predicted octanol–water partition coefficient (Wildman–Crippen LogP) is 2.17. The second-order valence-electron chi connectivity index (χ2n) is 4.28. The summed E-state index contributed by atoms with van der Waals surface area (Å²) in [5, 5.41) is 6.68. The summed E-state index contributed by atoms with van der Waals surface area (Å²) < 4.78 is 0.960. The Kier molecular flexibility index (Phi) is 3.12. The summed E-state index contributed by atoms with van der Waals surface area (Å²) in [6.07, 6.45) is 0.835. The number of hydrogen-bond donors (Lipinski definition) is 2. The molecule has 1 atom stereocenters. The zero-order valence-corrected chi connectivity index (χ0v) is 11.3. The van der Waals surface area contributed by atoms with E-state index >= 15 is 0 Å². The molecule has 0 spiro atoms. The highest BCUT2D eigenvalue weighted by atomic mass is 35.5. The Morgan fingerprint density at radius 3 is 3.05 bits per heavy atom. The number of rotatable bonds is 2. The Morgan fingerprint density at radius 2 is 2.26 bits per heavy atom. The number of nitrogens with one attached hydrogen (secondary N) is 2. The molecule has 0 bridgehead atoms. The number of benzene rings is 1. The van der Waals surface area contributed by atoms with Crippen molar-refractivity contribution in [3.63, 3.8) is 0 Å². The van der Waals surface area contributed by atoms with Gasteiger partial charge in [0.25, 0.3) is 0 Å². The molecule has 1 aliphatic heterocycles. The largest absolute Gasteiger partial charge is 0.350 e. The third-order valence-corrected chi connectivity index (χ3v) is 4.07. The number of nitrogens with zero attached hydrogens (tertiary/aromatic N) is 1. The minimum absolute atomic E-state index is 0.223. The van der Waals surface area contributed by atoms with Gasteiger partial charge in [0.1, 0.15) is 6.04 Å². The minimum atomic E-state index is -0.409. The van der Waals surface area contributed by atoms with E-state index in [2.05, 4.69) is 15.6 Å². The summed E-state index contributed by atoms with van der Waals surface area (Å²) in [5.74, 6) is -0.521. The van der Waals surface area contributed by atoms with Crippen molar-refractivity contribution in [2.24, 2.45) is 0 Å². The number of anilines is 1. The SMILES string of the molecule is O=C1CCC(Nc2nc3ccc(Cl)cc3s2)C(=O)N1. The molecule has 1 saturated heterocycles. The van der Waals surface area contributed by atoms with Crippen LogP contribution in [-0.2, 0) is 9.59 Å². The number of carbonyl (C=O) groups is 2. The third kappa shape index (κ3) is 2.54. The average Bonchev–Trinajstić information content (AvgIpc) is 2.74. The van der Waals surface area contributed by atoms with Gasteiger partial charge in [-0.05, 0) is 24.6 Å². The maximum absolute atomic E-state index is 11.6. The molecule has 19 heavy (non-hydrogen) atoms. The summed E-state index contributed by atoms with van der Waals surface area (Å²) in [4.78, 5) is 27.1. The van der Waals surface area contributed by atoms with Gasteiger partial charge in [-0.3, -0.25) is 14.9 Å². The van der Waals surface area contributed by atoms with Crippen LogP contribution in [0.1, 0.15) is 12.8 Å². The molecule has 98 valence electrons. The van der Waals surface area contributed by atoms with E-state index in [1.54, 1.807) is 6.07 Å². The molecular formula is C12H10ClN3O2S. The van der Waals surface area contributed by atoms with Crippen molar-refractivity contribution in [3.8, 4) is 0 Å². The number of carbonyl (C=O) groups excluding carboxylic acids is 2. The first-order valence-electron chi connectivity index (χ1n) is 5.78. The Labute approximate surface area is 118 Å². The molecule has 2 aromatic rings. The first-order valence-corrected chi connectivity index (χ1v) is 6.97. The lowest BCUT2D eigenvalue weighted by molar-refractivity contribution is -0.133. The molecule has 1 aliphatic rings. The van der Waals surface area contributed by atoms with Crippen LogP contribution in [0.3, 0.4) is 0 Å². The number of imide groups is 1. The molecule has 1 aromatic carbocycles. The van der Waals surface area contributed by atoms with Gasteiger partial charge >= 0.3 is 0 Å². The number of hydrogen-bond acceptors (Lipinski definition) is 5. The van der Waals surface area contributed by atoms with Crippen molar-refractivity contribution in [3.05, 3.63) is 23.2 Å². The van der Waals surface area contributed by atoms with Crippen molar-refractivity contribution in [1.82, 2.24) is 10.3 Å². The highest BCUT2D eigenvalue weighted by Gasteiger charge is 2.27. The molecule has 2 N–H and O–H groups in total. The third-order valence-electron chi connectivity index (χ3n) is 2.89. The van der Waals surface area contributed by atoms with Crippen LogP contribution in [0.5, 0.6) is 0 Å². The number of thiazole rings is 1. The van der Waals surface area contributed by atoms with Gasteiger partial charge in [0.15, 0.2) is 5.13 Å². The topological polar surface area (TPSA) is 71.1 Å². The molecule has 3 rings (SSSR count). The van der Waals surface area contributed by atoms with E-state index in [4.69, 9.17) is 11.6 Å². The summed E-state index contributed by atoms with van der Waals surface area (Å²) in [6, 6.07) is 5.04. The summed E-state index contributed by atoms with van der Waals surface area (Å²) in [6.45, 7) is 0. The van der Waals surface area contributed by atoms with Gasteiger partial charge in [-0.1, -0.05) is 22.9 Å². The van der Waals surface area contributed by atoms with E-state index in [0.717, 1.165) is 10.2 Å². The van der Waals surface area contributed by atoms with Crippen LogP contribution in [0, 0.1) is 0 Å². The van der Waals surface area contributed by atoms with E-state index in [-0.39, 0.29) is 11.8 Å². The number of halogens is 1. The molecule has 2 heterocycles. The van der Waals surface area contributed by atoms with Gasteiger partial charge < -0.3 is 5.32 Å². The Hall–Kier alpha value is -1.66. The second kappa shape index (κ2) is 4.79. The van der Waals surface area contributed by atoms with Crippen LogP contribution < -0.4 is 10.6 Å². The Morgan fingerprint density at radius 1 is 1.42 bits per heavy atom. The van der Waals surface area contributed by atoms with E-state index in [1.807, 2.05) is 12.1 Å². The molecule has 7 heteroatoms. The zero-order chi connectivity index (χ0) is 13.4. The van der Waals surface area contributed by atoms with Crippen molar-refractivity contribution in [1.29, 1.82) is 0 Å². The van der Waals surface area contributed by atoms with Crippen molar-refractivity contribution in [2.45, 2.75) is 18.9 Å². The van der Waals surface area contributed by atoms with Crippen molar-refractivity contribution < 1.29 is 9.59 Å². The van der Waals surface area contributed by atoms with Crippen LogP contribution >= 0.6 is 22.9 Å². The lowest BCUT2D eigenvalue weighted by Crippen LogP contribution is -2.47. The van der Waals surface area contributed by atoms with E-state index < -0.39 is 6.04 Å². The maximum atomic E-state index is 11.6. The minimum Gasteiger partial charge on any atom is -0.350 e. The molecule has 0 saturated carbocycles. The summed E-state index contributed by atoms with van der Waals surface area (Å²) >= 11 is 7.35. The van der Waals surface area contributed by atoms with Gasteiger partial charge in [0.05, 0.1) is 10.2 Å². The standard InChI is InChI=1S/C12H10ClN3O2S/c13-6-1-2-7-9(5-6)19-12(14-7)15-8-3-4-10(17)16-11(8)18/h1-2,5,8H,3-4H2,(H,14,15)(H,16,17,18). The van der Waals surface area contributed by atoms with Gasteiger partial charge in [-0.2, -0.15) is 0 Å². The van der Waals surface area contributed by atoms with Crippen LogP contribution in [0.2, 0.25) is 5.02 Å². The van der Waals surface area contributed by atoms with Gasteiger partial charge in [-0.25, -0.2) is 4.98 Å². The fourth-order valence-corrected chi connectivity index (χ4v) is 3.13. The molecule has 5 nitrogen and oxygen atoms in total. The van der Waals surface area contributed by atoms with Crippen molar-refractivity contribution >= 4 is 50.1 Å². The second-order valence-corrected chi connectivity index (χ2v) is 5.75. The van der Waals surface area contributed by atoms with Crippen LogP contribution in [0.4, 0.5) is 5.13 Å². The van der Waals surface area contributed by atoms with Crippen LogP contribution in [0.25, 0.3) is 10.2 Å². The van der Waals surface area contributed by atoms with E-state index in [0.29, 0.717) is 23.0 Å². The van der Waals surface area contributed by atoms with E-state index in [1.165, 1.54) is 11.3 Å². The summed E-state index contributed by atoms with van der Waals surface area (Å²) in [7, 11) is 0. The zero-order valence-electron chi connectivity index (χ0n) is 9.77. The number of piperidine rings is 1. The molecule has 2 amide bonds. The Balaban J connectivity index is 1.81. The number of fused-ring (bicyclic) bond motifs is 1.